The second-order valence-electron chi connectivity index (χ2n) is 8.13. The molecule has 0 saturated carbocycles. The number of benzene rings is 2. The topological polar surface area (TPSA) is 66.5 Å². The lowest BCUT2D eigenvalue weighted by atomic mass is 9.94. The van der Waals surface area contributed by atoms with Crippen molar-refractivity contribution in [3.8, 4) is 11.3 Å². The molecule has 34 heavy (non-hydrogen) atoms. The summed E-state index contributed by atoms with van der Waals surface area (Å²) in [6.07, 6.45) is 0. The third kappa shape index (κ3) is 5.70. The highest BCUT2D eigenvalue weighted by Crippen LogP contribution is 2.30. The highest BCUT2D eigenvalue weighted by molar-refractivity contribution is 6.29. The number of pyridine rings is 1. The van der Waals surface area contributed by atoms with E-state index >= 15 is 0 Å². The fourth-order valence-electron chi connectivity index (χ4n) is 4.19. The van der Waals surface area contributed by atoms with Gasteiger partial charge < -0.3 is 15.4 Å². The van der Waals surface area contributed by atoms with Gasteiger partial charge in [-0.1, -0.05) is 48.0 Å². The quantitative estimate of drug-likeness (QED) is 0.465. The van der Waals surface area contributed by atoms with E-state index in [4.69, 9.17) is 16.3 Å². The summed E-state index contributed by atoms with van der Waals surface area (Å²) in [6, 6.07) is 15.8. The van der Waals surface area contributed by atoms with Crippen LogP contribution in [0.2, 0.25) is 5.15 Å². The van der Waals surface area contributed by atoms with E-state index in [1.165, 1.54) is 6.07 Å². The molecule has 0 aliphatic carbocycles. The smallest absolute Gasteiger partial charge is 0.319 e. The molecule has 0 spiro atoms. The molecule has 3 aromatic rings. The van der Waals surface area contributed by atoms with Crippen molar-refractivity contribution in [2.45, 2.75) is 12.0 Å². The Morgan fingerprint density at radius 2 is 1.91 bits per heavy atom. The molecular weight excluding hydrogens is 462 g/mol. The number of hydrogen-bond donors (Lipinski definition) is 2. The average molecular weight is 487 g/mol. The Balaban J connectivity index is 1.53. The number of carbonyl (C=O) groups is 1. The molecule has 1 saturated heterocycles. The number of aromatic nitrogens is 1. The van der Waals surface area contributed by atoms with Crippen molar-refractivity contribution in [2.75, 3.05) is 38.7 Å². The molecule has 0 bridgehead atoms. The monoisotopic (exact) mass is 486 g/mol. The molecule has 178 valence electrons. The molecule has 1 aromatic heterocycles. The van der Waals surface area contributed by atoms with Crippen molar-refractivity contribution in [1.82, 2.24) is 15.2 Å². The third-order valence-corrected chi connectivity index (χ3v) is 6.06. The molecule has 2 amide bonds. The number of hydrogen-bond acceptors (Lipinski definition) is 4. The van der Waals surface area contributed by atoms with Crippen LogP contribution in [0.25, 0.3) is 11.3 Å². The minimum absolute atomic E-state index is 0.213. The fourth-order valence-corrected chi connectivity index (χ4v) is 4.34. The number of halogens is 3. The standard InChI is InChI=1S/C25H25ClF2N4O2/c1-34-12-11-32-14-18(17-7-8-19(27)20(28)13-17)22(15-32)30-25(33)29-21-9-10-23(26)31-24(21)16-5-3-2-4-6-16/h2-10,13,18,22H,11-12,14-15H2,1H3,(H2,29,30,33). The Morgan fingerprint density at radius 1 is 1.12 bits per heavy atom. The predicted molar refractivity (Wildman–Crippen MR) is 128 cm³/mol. The van der Waals surface area contributed by atoms with Gasteiger partial charge in [0, 0.05) is 38.2 Å². The minimum Gasteiger partial charge on any atom is -0.383 e. The number of carbonyl (C=O) groups excluding carboxylic acids is 1. The average Bonchev–Trinajstić information content (AvgIpc) is 3.23. The molecule has 2 atom stereocenters. The highest BCUT2D eigenvalue weighted by Gasteiger charge is 2.35. The Hall–Kier alpha value is -3.07. The number of nitrogens with one attached hydrogen (secondary N) is 2. The van der Waals surface area contributed by atoms with Gasteiger partial charge in [0.15, 0.2) is 11.6 Å². The van der Waals surface area contributed by atoms with Crippen LogP contribution in [0.3, 0.4) is 0 Å². The maximum Gasteiger partial charge on any atom is 0.319 e. The largest absolute Gasteiger partial charge is 0.383 e. The van der Waals surface area contributed by atoms with Crippen LogP contribution < -0.4 is 10.6 Å². The molecule has 0 radical (unpaired) electrons. The Bertz CT molecular complexity index is 1150. The number of anilines is 1. The highest BCUT2D eigenvalue weighted by atomic mass is 35.5. The number of nitrogens with zero attached hydrogens (tertiary/aromatic N) is 2. The van der Waals surface area contributed by atoms with Crippen LogP contribution >= 0.6 is 11.6 Å². The van der Waals surface area contributed by atoms with E-state index in [-0.39, 0.29) is 12.0 Å². The van der Waals surface area contributed by atoms with Crippen LogP contribution in [0.4, 0.5) is 19.3 Å². The van der Waals surface area contributed by atoms with E-state index in [0.717, 1.165) is 11.6 Å². The number of urea groups is 1. The van der Waals surface area contributed by atoms with Crippen molar-refractivity contribution < 1.29 is 18.3 Å². The molecule has 9 heteroatoms. The summed E-state index contributed by atoms with van der Waals surface area (Å²) in [6.45, 7) is 2.32. The molecule has 1 fully saturated rings. The van der Waals surface area contributed by atoms with E-state index < -0.39 is 17.7 Å². The van der Waals surface area contributed by atoms with Gasteiger partial charge in [0.2, 0.25) is 0 Å². The lowest BCUT2D eigenvalue weighted by Crippen LogP contribution is -2.42. The van der Waals surface area contributed by atoms with E-state index in [1.807, 2.05) is 30.3 Å². The second kappa shape index (κ2) is 10.9. The number of rotatable bonds is 7. The van der Waals surface area contributed by atoms with Crippen molar-refractivity contribution >= 4 is 23.3 Å². The zero-order valence-corrected chi connectivity index (χ0v) is 19.4. The normalized spacial score (nSPS) is 18.1. The van der Waals surface area contributed by atoms with E-state index in [2.05, 4.69) is 20.5 Å². The van der Waals surface area contributed by atoms with Gasteiger partial charge in [0.05, 0.1) is 24.0 Å². The minimum atomic E-state index is -0.907. The van der Waals surface area contributed by atoms with Crippen molar-refractivity contribution in [3.05, 3.63) is 83.0 Å². The van der Waals surface area contributed by atoms with Crippen LogP contribution in [-0.2, 0) is 4.74 Å². The van der Waals surface area contributed by atoms with Gasteiger partial charge >= 0.3 is 6.03 Å². The van der Waals surface area contributed by atoms with Gasteiger partial charge in [0.1, 0.15) is 5.15 Å². The number of ether oxygens (including phenoxy) is 1. The summed E-state index contributed by atoms with van der Waals surface area (Å²) in [5.74, 6) is -2.02. The summed E-state index contributed by atoms with van der Waals surface area (Å²) in [5.41, 5.74) is 2.49. The molecule has 2 aromatic carbocycles. The Labute approximate surface area is 201 Å². The first-order chi connectivity index (χ1) is 16.4. The van der Waals surface area contributed by atoms with Crippen molar-refractivity contribution in [1.29, 1.82) is 0 Å². The van der Waals surface area contributed by atoms with Gasteiger partial charge in [-0.3, -0.25) is 4.90 Å². The Kier molecular flexibility index (Phi) is 7.72. The van der Waals surface area contributed by atoms with Gasteiger partial charge in [-0.15, -0.1) is 0 Å². The van der Waals surface area contributed by atoms with Crippen LogP contribution in [0.1, 0.15) is 11.5 Å². The Morgan fingerprint density at radius 3 is 2.65 bits per heavy atom. The van der Waals surface area contributed by atoms with E-state index in [1.54, 1.807) is 25.3 Å². The fraction of sp³-hybridized carbons (Fsp3) is 0.280. The van der Waals surface area contributed by atoms with Gasteiger partial charge in [-0.25, -0.2) is 18.6 Å². The van der Waals surface area contributed by atoms with E-state index in [0.29, 0.717) is 48.3 Å². The molecule has 4 rings (SSSR count). The zero-order chi connectivity index (χ0) is 24.1. The molecule has 2 unspecified atom stereocenters. The van der Waals surface area contributed by atoms with Gasteiger partial charge in [0.25, 0.3) is 0 Å². The number of amides is 2. The molecule has 1 aliphatic heterocycles. The van der Waals surface area contributed by atoms with E-state index in [9.17, 15) is 13.6 Å². The first kappa shape index (κ1) is 24.1. The van der Waals surface area contributed by atoms with Crippen LogP contribution in [0.5, 0.6) is 0 Å². The molecule has 6 nitrogen and oxygen atoms in total. The van der Waals surface area contributed by atoms with Gasteiger partial charge in [-0.2, -0.15) is 0 Å². The lowest BCUT2D eigenvalue weighted by molar-refractivity contribution is 0.159. The maximum atomic E-state index is 13.9. The predicted octanol–water partition coefficient (Wildman–Crippen LogP) is 4.92. The summed E-state index contributed by atoms with van der Waals surface area (Å²) >= 11 is 6.10. The maximum absolute atomic E-state index is 13.9. The van der Waals surface area contributed by atoms with Crippen molar-refractivity contribution in [3.63, 3.8) is 0 Å². The second-order valence-corrected chi connectivity index (χ2v) is 8.52. The molecule has 2 heterocycles. The molecule has 2 N–H and O–H groups in total. The van der Waals surface area contributed by atoms with Crippen LogP contribution in [-0.4, -0.2) is 55.3 Å². The third-order valence-electron chi connectivity index (χ3n) is 5.85. The van der Waals surface area contributed by atoms with Gasteiger partial charge in [-0.05, 0) is 29.8 Å². The SMILES string of the molecule is COCCN1CC(NC(=O)Nc2ccc(Cl)nc2-c2ccccc2)C(c2ccc(F)c(F)c2)C1. The zero-order valence-electron chi connectivity index (χ0n) is 18.6. The van der Waals surface area contributed by atoms with Crippen LogP contribution in [0, 0.1) is 11.6 Å². The summed E-state index contributed by atoms with van der Waals surface area (Å²) in [4.78, 5) is 19.5. The van der Waals surface area contributed by atoms with Crippen LogP contribution in [0.15, 0.2) is 60.7 Å². The summed E-state index contributed by atoms with van der Waals surface area (Å²) in [7, 11) is 1.62. The molecular formula is C25H25ClF2N4O2. The number of methoxy groups -OCH3 is 1. The first-order valence-electron chi connectivity index (χ1n) is 10.9. The number of likely N-dealkylation sites (tertiary alicyclic amines) is 1. The van der Waals surface area contributed by atoms with Crippen molar-refractivity contribution in [2.24, 2.45) is 0 Å². The molecule has 1 aliphatic rings. The summed E-state index contributed by atoms with van der Waals surface area (Å²) < 4.78 is 32.6. The lowest BCUT2D eigenvalue weighted by Gasteiger charge is -2.21. The first-order valence-corrected chi connectivity index (χ1v) is 11.3. The summed E-state index contributed by atoms with van der Waals surface area (Å²) in [5, 5.41) is 6.18.